The number of aryl methyl sites for hydroxylation is 1. The van der Waals surface area contributed by atoms with Crippen molar-refractivity contribution >= 4 is 11.8 Å². The van der Waals surface area contributed by atoms with E-state index in [1.54, 1.807) is 24.5 Å². The van der Waals surface area contributed by atoms with Gasteiger partial charge in [-0.1, -0.05) is 25.1 Å². The lowest BCUT2D eigenvalue weighted by atomic mass is 10.1. The molecule has 0 aliphatic heterocycles. The van der Waals surface area contributed by atoms with E-state index < -0.39 is 0 Å². The zero-order valence-electron chi connectivity index (χ0n) is 13.6. The number of aromatic nitrogens is 1. The summed E-state index contributed by atoms with van der Waals surface area (Å²) < 4.78 is 5.53. The van der Waals surface area contributed by atoms with Crippen LogP contribution in [-0.4, -0.2) is 36.5 Å². The van der Waals surface area contributed by atoms with Gasteiger partial charge in [0.15, 0.2) is 6.61 Å². The molecule has 0 unspecified atom stereocenters. The molecule has 2 N–H and O–H groups in total. The van der Waals surface area contributed by atoms with E-state index in [4.69, 9.17) is 4.74 Å². The number of benzene rings is 1. The summed E-state index contributed by atoms with van der Waals surface area (Å²) >= 11 is 0. The van der Waals surface area contributed by atoms with Gasteiger partial charge in [-0.25, -0.2) is 0 Å². The topological polar surface area (TPSA) is 80.3 Å². The Balaban J connectivity index is 1.66. The SMILES string of the molecule is CCc1ccccc1OCC(=O)NCCNC(=O)c1ccncc1. The lowest BCUT2D eigenvalue weighted by Gasteiger charge is -2.11. The van der Waals surface area contributed by atoms with Gasteiger partial charge in [0, 0.05) is 31.0 Å². The molecule has 0 fully saturated rings. The van der Waals surface area contributed by atoms with E-state index >= 15 is 0 Å². The minimum Gasteiger partial charge on any atom is -0.483 e. The number of nitrogens with one attached hydrogen (secondary N) is 2. The first-order valence-corrected chi connectivity index (χ1v) is 7.86. The minimum atomic E-state index is -0.223. The lowest BCUT2D eigenvalue weighted by Crippen LogP contribution is -2.36. The van der Waals surface area contributed by atoms with Gasteiger partial charge in [-0.05, 0) is 30.2 Å². The predicted molar refractivity (Wildman–Crippen MR) is 90.9 cm³/mol. The third kappa shape index (κ3) is 5.39. The Bertz CT molecular complexity index is 674. The summed E-state index contributed by atoms with van der Waals surface area (Å²) in [5.41, 5.74) is 1.60. The number of ether oxygens (including phenoxy) is 1. The van der Waals surface area contributed by atoms with Crippen LogP contribution >= 0.6 is 0 Å². The Hall–Kier alpha value is -2.89. The Labute approximate surface area is 141 Å². The van der Waals surface area contributed by atoms with Gasteiger partial charge in [-0.3, -0.25) is 14.6 Å². The molecule has 6 heteroatoms. The number of pyridine rings is 1. The Morgan fingerprint density at radius 1 is 1.04 bits per heavy atom. The maximum absolute atomic E-state index is 11.8. The van der Waals surface area contributed by atoms with E-state index in [1.165, 1.54) is 0 Å². The number of amides is 2. The molecule has 6 nitrogen and oxygen atoms in total. The van der Waals surface area contributed by atoms with E-state index in [2.05, 4.69) is 15.6 Å². The Morgan fingerprint density at radius 2 is 1.75 bits per heavy atom. The highest BCUT2D eigenvalue weighted by atomic mass is 16.5. The molecule has 1 aromatic carbocycles. The minimum absolute atomic E-state index is 0.0463. The molecule has 2 amide bonds. The molecule has 0 aliphatic carbocycles. The van der Waals surface area contributed by atoms with Crippen molar-refractivity contribution < 1.29 is 14.3 Å². The summed E-state index contributed by atoms with van der Waals surface area (Å²) in [5, 5.41) is 5.43. The number of rotatable bonds is 8. The summed E-state index contributed by atoms with van der Waals surface area (Å²) in [6.45, 7) is 2.68. The third-order valence-corrected chi connectivity index (χ3v) is 3.39. The maximum Gasteiger partial charge on any atom is 0.258 e. The molecule has 0 aliphatic rings. The van der Waals surface area contributed by atoms with Gasteiger partial charge >= 0.3 is 0 Å². The molecule has 0 saturated carbocycles. The Morgan fingerprint density at radius 3 is 2.50 bits per heavy atom. The molecule has 2 aromatic rings. The molecule has 1 aromatic heterocycles. The van der Waals surface area contributed by atoms with Gasteiger partial charge in [0.05, 0.1) is 0 Å². The molecule has 0 bridgehead atoms. The van der Waals surface area contributed by atoms with Gasteiger partial charge in [-0.15, -0.1) is 0 Å². The fourth-order valence-electron chi connectivity index (χ4n) is 2.11. The van der Waals surface area contributed by atoms with Crippen molar-refractivity contribution in [2.75, 3.05) is 19.7 Å². The van der Waals surface area contributed by atoms with E-state index in [0.29, 0.717) is 18.7 Å². The monoisotopic (exact) mass is 327 g/mol. The maximum atomic E-state index is 11.8. The van der Waals surface area contributed by atoms with Crippen LogP contribution in [0.25, 0.3) is 0 Å². The standard InChI is InChI=1S/C18H21N3O3/c1-2-14-5-3-4-6-16(14)24-13-17(22)20-11-12-21-18(23)15-7-9-19-10-8-15/h3-10H,2,11-13H2,1H3,(H,20,22)(H,21,23). The van der Waals surface area contributed by atoms with Crippen LogP contribution in [0.3, 0.4) is 0 Å². The van der Waals surface area contributed by atoms with Gasteiger partial charge in [0.1, 0.15) is 5.75 Å². The van der Waals surface area contributed by atoms with Gasteiger partial charge in [-0.2, -0.15) is 0 Å². The number of hydrogen-bond donors (Lipinski definition) is 2. The zero-order chi connectivity index (χ0) is 17.2. The second kappa shape index (κ2) is 9.29. The van der Waals surface area contributed by atoms with Gasteiger partial charge in [0.2, 0.25) is 0 Å². The van der Waals surface area contributed by atoms with Gasteiger partial charge < -0.3 is 15.4 Å². The highest BCUT2D eigenvalue weighted by molar-refractivity contribution is 5.93. The van der Waals surface area contributed by atoms with Crippen LogP contribution in [0, 0.1) is 0 Å². The number of nitrogens with zero attached hydrogens (tertiary/aromatic N) is 1. The van der Waals surface area contributed by atoms with Gasteiger partial charge in [0.25, 0.3) is 11.8 Å². The van der Waals surface area contributed by atoms with Crippen molar-refractivity contribution in [2.45, 2.75) is 13.3 Å². The second-order valence-corrected chi connectivity index (χ2v) is 5.09. The largest absolute Gasteiger partial charge is 0.483 e. The summed E-state index contributed by atoms with van der Waals surface area (Å²) in [5.74, 6) is 0.306. The van der Waals surface area contributed by atoms with Crippen LogP contribution in [0.15, 0.2) is 48.8 Å². The van der Waals surface area contributed by atoms with Crippen molar-refractivity contribution in [3.63, 3.8) is 0 Å². The summed E-state index contributed by atoms with van der Waals surface area (Å²) in [4.78, 5) is 27.4. The first kappa shape index (κ1) is 17.5. The molecule has 1 heterocycles. The first-order chi connectivity index (χ1) is 11.7. The van der Waals surface area contributed by atoms with E-state index in [1.807, 2.05) is 31.2 Å². The predicted octanol–water partition coefficient (Wildman–Crippen LogP) is 1.57. The quantitative estimate of drug-likeness (QED) is 0.721. The smallest absolute Gasteiger partial charge is 0.258 e. The molecule has 24 heavy (non-hydrogen) atoms. The second-order valence-electron chi connectivity index (χ2n) is 5.09. The molecular formula is C18H21N3O3. The van der Waals surface area contributed by atoms with Crippen molar-refractivity contribution in [1.29, 1.82) is 0 Å². The fraction of sp³-hybridized carbons (Fsp3) is 0.278. The third-order valence-electron chi connectivity index (χ3n) is 3.39. The van der Waals surface area contributed by atoms with Crippen molar-refractivity contribution in [1.82, 2.24) is 15.6 Å². The molecule has 0 atom stereocenters. The van der Waals surface area contributed by atoms with Crippen LogP contribution in [0.2, 0.25) is 0 Å². The molecule has 0 radical (unpaired) electrons. The number of para-hydroxylation sites is 1. The van der Waals surface area contributed by atoms with Crippen molar-refractivity contribution in [2.24, 2.45) is 0 Å². The van der Waals surface area contributed by atoms with E-state index in [-0.39, 0.29) is 18.4 Å². The average molecular weight is 327 g/mol. The number of hydrogen-bond acceptors (Lipinski definition) is 4. The normalized spacial score (nSPS) is 10.0. The number of carbonyl (C=O) groups excluding carboxylic acids is 2. The highest BCUT2D eigenvalue weighted by Gasteiger charge is 2.06. The Kier molecular flexibility index (Phi) is 6.76. The zero-order valence-corrected chi connectivity index (χ0v) is 13.6. The molecule has 0 spiro atoms. The lowest BCUT2D eigenvalue weighted by molar-refractivity contribution is -0.123. The van der Waals surface area contributed by atoms with Crippen molar-refractivity contribution in [3.05, 3.63) is 59.9 Å². The van der Waals surface area contributed by atoms with Crippen LogP contribution < -0.4 is 15.4 Å². The molecule has 126 valence electrons. The summed E-state index contributed by atoms with van der Waals surface area (Å²) in [6, 6.07) is 10.9. The average Bonchev–Trinajstić information content (AvgIpc) is 2.64. The summed E-state index contributed by atoms with van der Waals surface area (Å²) in [7, 11) is 0. The fourth-order valence-corrected chi connectivity index (χ4v) is 2.11. The first-order valence-electron chi connectivity index (χ1n) is 7.86. The van der Waals surface area contributed by atoms with Crippen LogP contribution in [0.4, 0.5) is 0 Å². The van der Waals surface area contributed by atoms with E-state index in [0.717, 1.165) is 17.7 Å². The summed E-state index contributed by atoms with van der Waals surface area (Å²) in [6.07, 6.45) is 3.96. The highest BCUT2D eigenvalue weighted by Crippen LogP contribution is 2.17. The number of carbonyl (C=O) groups is 2. The van der Waals surface area contributed by atoms with Crippen LogP contribution in [0.5, 0.6) is 5.75 Å². The molecule has 0 saturated heterocycles. The van der Waals surface area contributed by atoms with Crippen molar-refractivity contribution in [3.8, 4) is 5.75 Å². The van der Waals surface area contributed by atoms with Crippen LogP contribution in [-0.2, 0) is 11.2 Å². The molecular weight excluding hydrogens is 306 g/mol. The van der Waals surface area contributed by atoms with Crippen LogP contribution in [0.1, 0.15) is 22.8 Å². The van der Waals surface area contributed by atoms with E-state index in [9.17, 15) is 9.59 Å². The molecule has 2 rings (SSSR count).